The first-order valence-corrected chi connectivity index (χ1v) is 6.68. The van der Waals surface area contributed by atoms with Gasteiger partial charge in [0.15, 0.2) is 0 Å². The van der Waals surface area contributed by atoms with Crippen molar-refractivity contribution in [1.29, 1.82) is 0 Å². The summed E-state index contributed by atoms with van der Waals surface area (Å²) < 4.78 is 27.5. The summed E-state index contributed by atoms with van der Waals surface area (Å²) in [6.45, 7) is 0.116. The first kappa shape index (κ1) is 12.0. The molecule has 3 nitrogen and oxygen atoms in total. The van der Waals surface area contributed by atoms with E-state index in [4.69, 9.17) is 11.6 Å². The van der Waals surface area contributed by atoms with Gasteiger partial charge in [0.05, 0.1) is 11.5 Å². The third-order valence-electron chi connectivity index (χ3n) is 1.42. The van der Waals surface area contributed by atoms with Crippen LogP contribution in [-0.4, -0.2) is 20.4 Å². The summed E-state index contributed by atoms with van der Waals surface area (Å²) in [5.74, 6) is 0. The Kier molecular flexibility index (Phi) is 4.37. The van der Waals surface area contributed by atoms with Gasteiger partial charge in [-0.3, -0.25) is 4.18 Å². The Balaban J connectivity index is 2.87. The zero-order valence-corrected chi connectivity index (χ0v) is 10.3. The highest BCUT2D eigenvalue weighted by molar-refractivity contribution is 9.09. The molecule has 0 fully saturated rings. The normalized spacial score (nSPS) is 11.6. The summed E-state index contributed by atoms with van der Waals surface area (Å²) in [5, 5.41) is 0.962. The second-order valence-corrected chi connectivity index (χ2v) is 5.26. The van der Waals surface area contributed by atoms with Crippen molar-refractivity contribution in [1.82, 2.24) is 0 Å². The Hall–Kier alpha value is -0.100. The highest BCUT2D eigenvalue weighted by Gasteiger charge is 2.13. The van der Waals surface area contributed by atoms with Gasteiger partial charge in [-0.1, -0.05) is 27.5 Å². The Morgan fingerprint density at radius 3 is 2.36 bits per heavy atom. The number of benzene rings is 1. The second-order valence-electron chi connectivity index (χ2n) is 2.42. The minimum Gasteiger partial charge on any atom is -0.265 e. The molecule has 0 saturated heterocycles. The zero-order valence-electron chi connectivity index (χ0n) is 7.11. The molecule has 0 bridgehead atoms. The van der Waals surface area contributed by atoms with Crippen LogP contribution in [0.4, 0.5) is 0 Å². The Labute approximate surface area is 96.3 Å². The van der Waals surface area contributed by atoms with E-state index in [9.17, 15) is 8.42 Å². The van der Waals surface area contributed by atoms with Crippen molar-refractivity contribution >= 4 is 37.6 Å². The molecule has 0 aromatic heterocycles. The number of rotatable bonds is 4. The van der Waals surface area contributed by atoms with Crippen molar-refractivity contribution in [3.05, 3.63) is 29.3 Å². The molecular formula is C8H8BrClO3S. The van der Waals surface area contributed by atoms with E-state index in [0.29, 0.717) is 10.4 Å². The fourth-order valence-electron chi connectivity index (χ4n) is 0.811. The lowest BCUT2D eigenvalue weighted by atomic mass is 10.4. The van der Waals surface area contributed by atoms with Crippen molar-refractivity contribution in [3.8, 4) is 0 Å². The largest absolute Gasteiger partial charge is 0.297 e. The molecule has 0 amide bonds. The molecule has 0 aliphatic rings. The van der Waals surface area contributed by atoms with Gasteiger partial charge in [0.25, 0.3) is 10.1 Å². The van der Waals surface area contributed by atoms with Crippen LogP contribution in [0.1, 0.15) is 0 Å². The maximum absolute atomic E-state index is 11.4. The van der Waals surface area contributed by atoms with E-state index >= 15 is 0 Å². The zero-order chi connectivity index (χ0) is 10.6. The van der Waals surface area contributed by atoms with E-state index < -0.39 is 10.1 Å². The summed E-state index contributed by atoms with van der Waals surface area (Å²) in [7, 11) is -3.63. The van der Waals surface area contributed by atoms with E-state index in [1.807, 2.05) is 0 Å². The van der Waals surface area contributed by atoms with Crippen molar-refractivity contribution in [2.75, 3.05) is 11.9 Å². The molecule has 0 heterocycles. The molecule has 14 heavy (non-hydrogen) atoms. The van der Waals surface area contributed by atoms with E-state index in [-0.39, 0.29) is 11.5 Å². The molecule has 0 spiro atoms. The highest BCUT2D eigenvalue weighted by Crippen LogP contribution is 2.15. The second kappa shape index (κ2) is 5.11. The molecule has 6 heteroatoms. The Morgan fingerprint density at radius 1 is 1.29 bits per heavy atom. The summed E-state index contributed by atoms with van der Waals surface area (Å²) in [6.07, 6.45) is 0. The standard InChI is InChI=1S/C8H8BrClO3S/c9-5-6-13-14(11,12)8-3-1-7(10)2-4-8/h1-4H,5-6H2. The number of hydrogen-bond donors (Lipinski definition) is 0. The lowest BCUT2D eigenvalue weighted by Crippen LogP contribution is -2.07. The maximum atomic E-state index is 11.4. The van der Waals surface area contributed by atoms with Gasteiger partial charge in [-0.2, -0.15) is 8.42 Å². The molecule has 0 radical (unpaired) electrons. The van der Waals surface area contributed by atoms with Gasteiger partial charge in [-0.05, 0) is 24.3 Å². The third-order valence-corrected chi connectivity index (χ3v) is 3.32. The van der Waals surface area contributed by atoms with Gasteiger partial charge in [0, 0.05) is 10.4 Å². The highest BCUT2D eigenvalue weighted by atomic mass is 79.9. The molecule has 0 aliphatic carbocycles. The van der Waals surface area contributed by atoms with Crippen LogP contribution in [0, 0.1) is 0 Å². The fourth-order valence-corrected chi connectivity index (χ4v) is 2.22. The average molecular weight is 300 g/mol. The Morgan fingerprint density at radius 2 is 1.86 bits per heavy atom. The molecule has 0 aliphatic heterocycles. The SMILES string of the molecule is O=S(=O)(OCCBr)c1ccc(Cl)cc1. The number of halogens is 2. The number of alkyl halides is 1. The lowest BCUT2D eigenvalue weighted by molar-refractivity contribution is 0.342. The third kappa shape index (κ3) is 3.24. The smallest absolute Gasteiger partial charge is 0.265 e. The van der Waals surface area contributed by atoms with Crippen LogP contribution in [0.3, 0.4) is 0 Å². The minimum absolute atomic E-state index is 0.114. The van der Waals surface area contributed by atoms with Crippen LogP contribution in [0.25, 0.3) is 0 Å². The molecule has 0 unspecified atom stereocenters. The van der Waals surface area contributed by atoms with Crippen LogP contribution in [0.5, 0.6) is 0 Å². The van der Waals surface area contributed by atoms with Crippen LogP contribution in [0.2, 0.25) is 5.02 Å². The molecule has 0 saturated carbocycles. The van der Waals surface area contributed by atoms with Gasteiger partial charge in [0.1, 0.15) is 0 Å². The summed E-state index contributed by atoms with van der Waals surface area (Å²) in [5.41, 5.74) is 0. The first-order valence-electron chi connectivity index (χ1n) is 3.77. The van der Waals surface area contributed by atoms with Gasteiger partial charge in [0.2, 0.25) is 0 Å². The quantitative estimate of drug-likeness (QED) is 0.633. The number of hydrogen-bond acceptors (Lipinski definition) is 3. The molecule has 0 N–H and O–H groups in total. The summed E-state index contributed by atoms with van der Waals surface area (Å²) in [6, 6.07) is 5.83. The summed E-state index contributed by atoms with van der Waals surface area (Å²) >= 11 is 8.70. The molecular weight excluding hydrogens is 292 g/mol. The van der Waals surface area contributed by atoms with Crippen LogP contribution in [0.15, 0.2) is 29.2 Å². The summed E-state index contributed by atoms with van der Waals surface area (Å²) in [4.78, 5) is 0.114. The topological polar surface area (TPSA) is 43.4 Å². The maximum Gasteiger partial charge on any atom is 0.297 e. The monoisotopic (exact) mass is 298 g/mol. The molecule has 1 aromatic carbocycles. The lowest BCUT2D eigenvalue weighted by Gasteiger charge is -2.03. The average Bonchev–Trinajstić information content (AvgIpc) is 2.16. The Bertz CT molecular complexity index is 388. The molecule has 78 valence electrons. The van der Waals surface area contributed by atoms with Crippen LogP contribution < -0.4 is 0 Å². The minimum atomic E-state index is -3.63. The van der Waals surface area contributed by atoms with E-state index in [2.05, 4.69) is 20.1 Å². The molecule has 1 rings (SSSR count). The van der Waals surface area contributed by atoms with Gasteiger partial charge >= 0.3 is 0 Å². The van der Waals surface area contributed by atoms with Crippen molar-refractivity contribution in [3.63, 3.8) is 0 Å². The first-order chi connectivity index (χ1) is 6.56. The van der Waals surface area contributed by atoms with Gasteiger partial charge in [-0.25, -0.2) is 0 Å². The molecule has 0 atom stereocenters. The van der Waals surface area contributed by atoms with E-state index in [1.54, 1.807) is 0 Å². The van der Waals surface area contributed by atoms with Crippen molar-refractivity contribution in [2.45, 2.75) is 4.90 Å². The van der Waals surface area contributed by atoms with Crippen LogP contribution >= 0.6 is 27.5 Å². The predicted molar refractivity (Wildman–Crippen MR) is 58.4 cm³/mol. The van der Waals surface area contributed by atoms with E-state index in [0.717, 1.165) is 0 Å². The van der Waals surface area contributed by atoms with Gasteiger partial charge in [-0.15, -0.1) is 0 Å². The fraction of sp³-hybridized carbons (Fsp3) is 0.250. The predicted octanol–water partition coefficient (Wildman–Crippen LogP) is 2.44. The van der Waals surface area contributed by atoms with Crippen molar-refractivity contribution < 1.29 is 12.6 Å². The van der Waals surface area contributed by atoms with E-state index in [1.165, 1.54) is 24.3 Å². The van der Waals surface area contributed by atoms with Gasteiger partial charge < -0.3 is 0 Å². The molecule has 1 aromatic rings. The van der Waals surface area contributed by atoms with Crippen LogP contribution in [-0.2, 0) is 14.3 Å². The van der Waals surface area contributed by atoms with Crippen molar-refractivity contribution in [2.24, 2.45) is 0 Å².